The Morgan fingerprint density at radius 1 is 1.10 bits per heavy atom. The molecular formula is C23H34FN9O6S. The highest BCUT2D eigenvalue weighted by Gasteiger charge is 2.38. The Morgan fingerprint density at radius 2 is 1.80 bits per heavy atom. The topological polar surface area (TPSA) is 180 Å². The maximum atomic E-state index is 13.8. The molecule has 4 heterocycles. The molecule has 17 heteroatoms. The predicted octanol–water partition coefficient (Wildman–Crippen LogP) is 0.990. The van der Waals surface area contributed by atoms with Gasteiger partial charge < -0.3 is 24.2 Å². The Hall–Kier alpha value is -3.70. The zero-order valence-corrected chi connectivity index (χ0v) is 23.2. The van der Waals surface area contributed by atoms with Gasteiger partial charge >= 0.3 is 0 Å². The van der Waals surface area contributed by atoms with Crippen LogP contribution in [0, 0.1) is 5.82 Å². The first-order valence-corrected chi connectivity index (χ1v) is 14.2. The highest BCUT2D eigenvalue weighted by molar-refractivity contribution is 7.93. The van der Waals surface area contributed by atoms with Crippen molar-refractivity contribution in [3.8, 4) is 17.4 Å². The Morgan fingerprint density at radius 3 is 2.42 bits per heavy atom. The van der Waals surface area contributed by atoms with Crippen LogP contribution in [-0.4, -0.2) is 100 Å². The number of anilines is 2. The molecular weight excluding hydrogens is 549 g/mol. The molecule has 0 saturated carbocycles. The van der Waals surface area contributed by atoms with Crippen molar-refractivity contribution in [2.75, 3.05) is 50.1 Å². The summed E-state index contributed by atoms with van der Waals surface area (Å²) in [5, 5.41) is 16.6. The third-order valence-electron chi connectivity index (χ3n) is 6.24. The number of halogens is 1. The van der Waals surface area contributed by atoms with Crippen molar-refractivity contribution in [1.29, 1.82) is 0 Å². The zero-order valence-electron chi connectivity index (χ0n) is 22.4. The van der Waals surface area contributed by atoms with Gasteiger partial charge in [0, 0.05) is 34.2 Å². The molecule has 1 fully saturated rings. The number of aliphatic hydroxyl groups excluding tert-OH is 1. The summed E-state index contributed by atoms with van der Waals surface area (Å²) < 4.78 is 61.6. The number of sulfonamides is 1. The summed E-state index contributed by atoms with van der Waals surface area (Å²) in [6, 6.07) is 0. The Kier molecular flexibility index (Phi) is 9.59. The molecule has 0 aliphatic carbocycles. The fourth-order valence-electron chi connectivity index (χ4n) is 4.44. The molecule has 220 valence electrons. The fourth-order valence-corrected chi connectivity index (χ4v) is 5.84. The van der Waals surface area contributed by atoms with E-state index in [1.165, 1.54) is 25.1 Å². The first-order valence-electron chi connectivity index (χ1n) is 12.6. The number of aliphatic hydroxyl groups is 1. The average molecular weight is 584 g/mol. The van der Waals surface area contributed by atoms with Gasteiger partial charge in [-0.15, -0.1) is 10.2 Å². The lowest BCUT2D eigenvalue weighted by Crippen LogP contribution is -2.51. The molecule has 0 unspecified atom stereocenters. The molecule has 40 heavy (non-hydrogen) atoms. The molecule has 3 aromatic heterocycles. The first-order chi connectivity index (χ1) is 19.3. The number of hydrogen-bond acceptors (Lipinski definition) is 13. The molecule has 15 nitrogen and oxygen atoms in total. The molecule has 4 rings (SSSR count). The lowest BCUT2D eigenvalue weighted by atomic mass is 10.1. The van der Waals surface area contributed by atoms with Crippen molar-refractivity contribution < 1.29 is 33.6 Å². The summed E-state index contributed by atoms with van der Waals surface area (Å²) in [5.41, 5.74) is 0.214. The predicted molar refractivity (Wildman–Crippen MR) is 143 cm³/mol. The van der Waals surface area contributed by atoms with Gasteiger partial charge in [-0.1, -0.05) is 0 Å². The second kappa shape index (κ2) is 13.1. The maximum absolute atomic E-state index is 13.8. The van der Waals surface area contributed by atoms with Crippen LogP contribution in [-0.2, 0) is 21.2 Å². The van der Waals surface area contributed by atoms with Gasteiger partial charge in [-0.2, -0.15) is 9.97 Å². The van der Waals surface area contributed by atoms with Crippen LogP contribution < -0.4 is 19.1 Å². The Balaban J connectivity index is 0.00000462. The summed E-state index contributed by atoms with van der Waals surface area (Å²) in [6.07, 6.45) is 4.49. The first kappa shape index (κ1) is 29.3. The number of unbranched alkanes of at least 4 members (excludes halogenated alkanes) is 1. The lowest BCUT2D eigenvalue weighted by molar-refractivity contribution is 0.0531. The lowest BCUT2D eigenvalue weighted by Gasteiger charge is -2.37. The number of ether oxygens (including phenoxy) is 3. The summed E-state index contributed by atoms with van der Waals surface area (Å²) in [6.45, 7) is 2.56. The van der Waals surface area contributed by atoms with Gasteiger partial charge in [-0.25, -0.2) is 22.8 Å². The molecule has 1 aliphatic heterocycles. The number of piperidine rings is 1. The smallest absolute Gasteiger partial charge is 0.245 e. The van der Waals surface area contributed by atoms with Gasteiger partial charge in [0.15, 0.2) is 11.5 Å². The van der Waals surface area contributed by atoms with Crippen molar-refractivity contribution in [1.82, 2.24) is 34.7 Å². The minimum Gasteiger partial charge on any atom is -0.479 e. The second-order valence-corrected chi connectivity index (χ2v) is 10.8. The number of rotatable bonds is 13. The van der Waals surface area contributed by atoms with Gasteiger partial charge in [0.1, 0.15) is 17.4 Å². The van der Waals surface area contributed by atoms with Gasteiger partial charge in [0.2, 0.25) is 33.7 Å². The second-order valence-electron chi connectivity index (χ2n) is 8.89. The van der Waals surface area contributed by atoms with Crippen LogP contribution in [0.15, 0.2) is 18.7 Å². The molecule has 2 atom stereocenters. The molecule has 0 bridgehead atoms. The molecule has 0 amide bonds. The number of methoxy groups -OCH3 is 2. The van der Waals surface area contributed by atoms with E-state index < -0.39 is 27.2 Å². The molecule has 1 aliphatic rings. The third kappa shape index (κ3) is 6.53. The molecule has 2 N–H and O–H groups in total. The van der Waals surface area contributed by atoms with E-state index in [0.717, 1.165) is 12.4 Å². The molecule has 3 aromatic rings. The van der Waals surface area contributed by atoms with Crippen molar-refractivity contribution in [3.63, 3.8) is 0 Å². The van der Waals surface area contributed by atoms with Crippen molar-refractivity contribution in [3.05, 3.63) is 30.4 Å². The van der Waals surface area contributed by atoms with E-state index in [1.54, 1.807) is 4.90 Å². The van der Waals surface area contributed by atoms with Crippen LogP contribution in [0.5, 0.6) is 11.8 Å². The van der Waals surface area contributed by atoms with Crippen LogP contribution >= 0.6 is 0 Å². The van der Waals surface area contributed by atoms with Crippen molar-refractivity contribution in [2.45, 2.75) is 44.0 Å². The number of aryl methyl sites for hydroxylation is 1. The quantitative estimate of drug-likeness (QED) is 0.272. The van der Waals surface area contributed by atoms with Gasteiger partial charge in [-0.05, 0) is 26.2 Å². The largest absolute Gasteiger partial charge is 0.479 e. The average Bonchev–Trinajstić information content (AvgIpc) is 3.33. The normalized spacial score (nSPS) is 17.6. The van der Waals surface area contributed by atoms with Crippen molar-refractivity contribution in [2.24, 2.45) is 0 Å². The van der Waals surface area contributed by atoms with E-state index in [1.807, 2.05) is 6.92 Å². The highest BCUT2D eigenvalue weighted by Crippen LogP contribution is 2.33. The standard InChI is InChI=1S/C23H32FN9O6S.H2/c1-4-39-16-9-17(13-32(12-16)22-25-10-15(24)11-26-22)40(35,36)31-23-30-29-18(7-5-6-8-34)33(23)19-20(37-2)27-14-28-21(19)38-3;/h10-11,14,16-17,34H,4-9,12-13H2,1-3H3,(H,30,31);1H/t16-,17+;/m1./s1. The minimum absolute atomic E-state index is 0. The van der Waals surface area contributed by atoms with Crippen LogP contribution in [0.3, 0.4) is 0 Å². The number of hydrogen-bond donors (Lipinski definition) is 2. The van der Waals surface area contributed by atoms with Gasteiger partial charge in [0.25, 0.3) is 0 Å². The molecule has 0 radical (unpaired) electrons. The zero-order chi connectivity index (χ0) is 28.7. The minimum atomic E-state index is -4.11. The third-order valence-corrected chi connectivity index (χ3v) is 7.93. The van der Waals surface area contributed by atoms with Crippen LogP contribution in [0.2, 0.25) is 0 Å². The van der Waals surface area contributed by atoms with E-state index in [4.69, 9.17) is 14.2 Å². The molecule has 1 saturated heterocycles. The van der Waals surface area contributed by atoms with E-state index in [-0.39, 0.29) is 50.3 Å². The summed E-state index contributed by atoms with van der Waals surface area (Å²) >= 11 is 0. The van der Waals surface area contributed by atoms with E-state index in [2.05, 4.69) is 34.9 Å². The highest BCUT2D eigenvalue weighted by atomic mass is 32.2. The van der Waals surface area contributed by atoms with Crippen molar-refractivity contribution >= 4 is 21.9 Å². The van der Waals surface area contributed by atoms with Crippen LogP contribution in [0.25, 0.3) is 5.69 Å². The molecule has 0 spiro atoms. The van der Waals surface area contributed by atoms with Gasteiger partial charge in [0.05, 0.1) is 32.7 Å². The Labute approximate surface area is 232 Å². The van der Waals surface area contributed by atoms with E-state index >= 15 is 0 Å². The fraction of sp³-hybridized carbons (Fsp3) is 0.565. The van der Waals surface area contributed by atoms with E-state index in [0.29, 0.717) is 38.2 Å². The maximum Gasteiger partial charge on any atom is 0.245 e. The Bertz CT molecular complexity index is 1360. The van der Waals surface area contributed by atoms with Gasteiger partial charge in [-0.3, -0.25) is 9.29 Å². The summed E-state index contributed by atoms with van der Waals surface area (Å²) in [7, 11) is -1.29. The van der Waals surface area contributed by atoms with Crippen LogP contribution in [0.4, 0.5) is 16.3 Å². The molecule has 0 aromatic carbocycles. The van der Waals surface area contributed by atoms with E-state index in [9.17, 15) is 17.9 Å². The summed E-state index contributed by atoms with van der Waals surface area (Å²) in [5.74, 6) is 0.0887. The van der Waals surface area contributed by atoms with Crippen LogP contribution in [0.1, 0.15) is 33.4 Å². The summed E-state index contributed by atoms with van der Waals surface area (Å²) in [4.78, 5) is 17.9. The SMILES string of the molecule is CCO[C@@H]1C[C@H](S(=O)(=O)Nc2nnc(CCCCO)n2-c2c(OC)ncnc2OC)CN(c2ncc(F)cn2)C1.[HH]. The number of nitrogens with one attached hydrogen (secondary N) is 1. The number of aromatic nitrogens is 7. The number of nitrogens with zero attached hydrogens (tertiary/aromatic N) is 8. The monoisotopic (exact) mass is 583 g/mol.